The Balaban J connectivity index is 1.21. The normalized spacial score (nSPS) is 21.4. The fraction of sp³-hybridized carbons (Fsp3) is 0.667. The minimum atomic E-state index is -0.403. The van der Waals surface area contributed by atoms with Crippen molar-refractivity contribution in [3.8, 4) is 0 Å². The number of benzene rings is 1. The van der Waals surface area contributed by atoms with Gasteiger partial charge in [0, 0.05) is 56.6 Å². The molecule has 0 bridgehead atoms. The highest BCUT2D eigenvalue weighted by Crippen LogP contribution is 2.38. The topological polar surface area (TPSA) is 77.7 Å². The van der Waals surface area contributed by atoms with Gasteiger partial charge in [-0.15, -0.1) is 0 Å². The molecular formula is C27H39FN6O2. The van der Waals surface area contributed by atoms with Crippen LogP contribution in [0.2, 0.25) is 0 Å². The molecule has 0 atom stereocenters. The first kappa shape index (κ1) is 25.0. The second-order valence-electron chi connectivity index (χ2n) is 11.2. The number of nitrogens with zero attached hydrogens (tertiary/aromatic N) is 5. The molecule has 9 heteroatoms. The van der Waals surface area contributed by atoms with Crippen molar-refractivity contribution < 1.29 is 13.7 Å². The highest BCUT2D eigenvalue weighted by atomic mass is 19.1. The van der Waals surface area contributed by atoms with Crippen molar-refractivity contribution in [1.82, 2.24) is 19.9 Å². The Morgan fingerprint density at radius 3 is 2.47 bits per heavy atom. The summed E-state index contributed by atoms with van der Waals surface area (Å²) in [5, 5.41) is 7.22. The van der Waals surface area contributed by atoms with Crippen molar-refractivity contribution in [2.75, 3.05) is 49.5 Å². The first-order valence-electron chi connectivity index (χ1n) is 13.5. The number of piperidine rings is 1. The molecule has 0 radical (unpaired) electrons. The molecule has 196 valence electrons. The third kappa shape index (κ3) is 5.08. The number of urea groups is 1. The summed E-state index contributed by atoms with van der Waals surface area (Å²) >= 11 is 0. The third-order valence-corrected chi connectivity index (χ3v) is 8.45. The lowest BCUT2D eigenvalue weighted by Crippen LogP contribution is -2.49. The van der Waals surface area contributed by atoms with Crippen LogP contribution < -0.4 is 10.2 Å². The van der Waals surface area contributed by atoms with Crippen LogP contribution in [0, 0.1) is 5.82 Å². The average molecular weight is 499 g/mol. The molecule has 3 fully saturated rings. The fourth-order valence-corrected chi connectivity index (χ4v) is 5.81. The van der Waals surface area contributed by atoms with Gasteiger partial charge in [-0.3, -0.25) is 4.90 Å². The summed E-state index contributed by atoms with van der Waals surface area (Å²) in [7, 11) is 0. The second-order valence-corrected chi connectivity index (χ2v) is 11.2. The Kier molecular flexibility index (Phi) is 7.19. The van der Waals surface area contributed by atoms with Crippen LogP contribution in [-0.4, -0.2) is 71.3 Å². The van der Waals surface area contributed by atoms with Crippen molar-refractivity contribution in [1.29, 1.82) is 0 Å². The van der Waals surface area contributed by atoms with Crippen molar-refractivity contribution in [3.63, 3.8) is 0 Å². The molecule has 2 aliphatic heterocycles. The Hall–Kier alpha value is -2.68. The van der Waals surface area contributed by atoms with E-state index in [0.717, 1.165) is 69.3 Å². The van der Waals surface area contributed by atoms with Crippen LogP contribution in [0.15, 0.2) is 22.7 Å². The minimum absolute atomic E-state index is 0.226. The van der Waals surface area contributed by atoms with Crippen LogP contribution in [0.3, 0.4) is 0 Å². The standard InChI is InChI=1S/C27H39FN6O2/c1-19(2)32-15-17-33(18-16-32)22-10-6-9-21(28)23(22)29-26(35)34-13-11-27(3,12-14-34)25-30-24(36-31-25)20-7-4-5-8-20/h6,9-10,19-20H,4-5,7-8,11-18H2,1-3H3,(H,29,35). The van der Waals surface area contributed by atoms with Crippen LogP contribution in [0.25, 0.3) is 0 Å². The molecule has 2 saturated heterocycles. The van der Waals surface area contributed by atoms with E-state index < -0.39 is 5.82 Å². The lowest BCUT2D eigenvalue weighted by Gasteiger charge is -2.39. The number of piperazine rings is 1. The average Bonchev–Trinajstić information content (AvgIpc) is 3.58. The molecule has 0 spiro atoms. The van der Waals surface area contributed by atoms with Gasteiger partial charge in [0.25, 0.3) is 0 Å². The number of carbonyl (C=O) groups is 1. The molecule has 1 N–H and O–H groups in total. The molecule has 0 unspecified atom stereocenters. The number of likely N-dealkylation sites (tertiary alicyclic amines) is 1. The molecule has 3 aliphatic rings. The highest BCUT2D eigenvalue weighted by molar-refractivity contribution is 5.93. The molecular weight excluding hydrogens is 459 g/mol. The largest absolute Gasteiger partial charge is 0.367 e. The maximum absolute atomic E-state index is 14.9. The SMILES string of the molecule is CC(C)N1CCN(c2cccc(F)c2NC(=O)N2CCC(C)(c3noc(C4CCCC4)n3)CC2)CC1. The molecule has 1 saturated carbocycles. The second kappa shape index (κ2) is 10.4. The van der Waals surface area contributed by atoms with E-state index in [1.165, 1.54) is 18.9 Å². The molecule has 1 aromatic carbocycles. The van der Waals surface area contributed by atoms with Gasteiger partial charge >= 0.3 is 6.03 Å². The first-order chi connectivity index (χ1) is 17.3. The summed E-state index contributed by atoms with van der Waals surface area (Å²) in [6.45, 7) is 11.1. The van der Waals surface area contributed by atoms with Gasteiger partial charge in [-0.05, 0) is 51.7 Å². The summed E-state index contributed by atoms with van der Waals surface area (Å²) in [5.41, 5.74) is 0.796. The van der Waals surface area contributed by atoms with Crippen LogP contribution in [0.1, 0.15) is 76.9 Å². The summed E-state index contributed by atoms with van der Waals surface area (Å²) in [6, 6.07) is 5.25. The summed E-state index contributed by atoms with van der Waals surface area (Å²) < 4.78 is 20.5. The van der Waals surface area contributed by atoms with Gasteiger partial charge in [0.1, 0.15) is 11.5 Å². The number of hydrogen-bond donors (Lipinski definition) is 1. The van der Waals surface area contributed by atoms with Crippen molar-refractivity contribution >= 4 is 17.4 Å². The van der Waals surface area contributed by atoms with Crippen LogP contribution >= 0.6 is 0 Å². The number of carbonyl (C=O) groups excluding carboxylic acids is 1. The molecule has 5 rings (SSSR count). The number of rotatable bonds is 5. The van der Waals surface area contributed by atoms with E-state index in [0.29, 0.717) is 25.0 Å². The van der Waals surface area contributed by atoms with Crippen LogP contribution in [0.4, 0.5) is 20.6 Å². The zero-order chi connectivity index (χ0) is 25.3. The Morgan fingerprint density at radius 2 is 1.81 bits per heavy atom. The van der Waals surface area contributed by atoms with Gasteiger partial charge in [-0.25, -0.2) is 9.18 Å². The van der Waals surface area contributed by atoms with Gasteiger partial charge in [0.05, 0.1) is 5.69 Å². The van der Waals surface area contributed by atoms with E-state index in [1.807, 2.05) is 6.07 Å². The van der Waals surface area contributed by atoms with Crippen LogP contribution in [-0.2, 0) is 5.41 Å². The Morgan fingerprint density at radius 1 is 1.11 bits per heavy atom. The summed E-state index contributed by atoms with van der Waals surface area (Å²) in [5.74, 6) is 1.51. The fourth-order valence-electron chi connectivity index (χ4n) is 5.81. The van der Waals surface area contributed by atoms with Gasteiger partial charge in [-0.1, -0.05) is 31.0 Å². The molecule has 2 amide bonds. The summed E-state index contributed by atoms with van der Waals surface area (Å²) in [4.78, 5) is 24.3. The van der Waals surface area contributed by atoms with Crippen molar-refractivity contribution in [3.05, 3.63) is 35.7 Å². The predicted molar refractivity (Wildman–Crippen MR) is 138 cm³/mol. The summed E-state index contributed by atoms with van der Waals surface area (Å²) in [6.07, 6.45) is 6.18. The lowest BCUT2D eigenvalue weighted by atomic mass is 9.79. The van der Waals surface area contributed by atoms with E-state index in [9.17, 15) is 9.18 Å². The predicted octanol–water partition coefficient (Wildman–Crippen LogP) is 4.98. The number of nitrogens with one attached hydrogen (secondary N) is 1. The molecule has 2 aromatic rings. The first-order valence-corrected chi connectivity index (χ1v) is 13.5. The molecule has 36 heavy (non-hydrogen) atoms. The van der Waals surface area contributed by atoms with E-state index in [1.54, 1.807) is 11.0 Å². The molecule has 3 heterocycles. The van der Waals surface area contributed by atoms with Gasteiger partial charge in [-0.2, -0.15) is 4.98 Å². The van der Waals surface area contributed by atoms with E-state index in [2.05, 4.69) is 41.0 Å². The number of anilines is 2. The zero-order valence-corrected chi connectivity index (χ0v) is 21.8. The zero-order valence-electron chi connectivity index (χ0n) is 21.8. The van der Waals surface area contributed by atoms with Crippen LogP contribution in [0.5, 0.6) is 0 Å². The monoisotopic (exact) mass is 498 g/mol. The molecule has 8 nitrogen and oxygen atoms in total. The minimum Gasteiger partial charge on any atom is -0.367 e. The van der Waals surface area contributed by atoms with E-state index in [4.69, 9.17) is 9.51 Å². The number of para-hydroxylation sites is 1. The lowest BCUT2D eigenvalue weighted by molar-refractivity contribution is 0.169. The molecule has 1 aromatic heterocycles. The number of amides is 2. The number of halogens is 1. The maximum Gasteiger partial charge on any atom is 0.321 e. The number of aromatic nitrogens is 2. The van der Waals surface area contributed by atoms with Gasteiger partial charge in [0.15, 0.2) is 5.82 Å². The number of hydrogen-bond acceptors (Lipinski definition) is 6. The molecule has 1 aliphatic carbocycles. The third-order valence-electron chi connectivity index (χ3n) is 8.45. The quantitative estimate of drug-likeness (QED) is 0.626. The Bertz CT molecular complexity index is 1050. The smallest absolute Gasteiger partial charge is 0.321 e. The van der Waals surface area contributed by atoms with Gasteiger partial charge < -0.3 is 19.6 Å². The maximum atomic E-state index is 14.9. The van der Waals surface area contributed by atoms with Crippen molar-refractivity contribution in [2.24, 2.45) is 0 Å². The van der Waals surface area contributed by atoms with Gasteiger partial charge in [0.2, 0.25) is 5.89 Å². The Labute approximate surface area is 213 Å². The van der Waals surface area contributed by atoms with Crippen molar-refractivity contribution in [2.45, 2.75) is 76.7 Å². The van der Waals surface area contributed by atoms with E-state index in [-0.39, 0.29) is 17.1 Å². The van der Waals surface area contributed by atoms with E-state index >= 15 is 0 Å². The highest BCUT2D eigenvalue weighted by Gasteiger charge is 2.38.